The second kappa shape index (κ2) is 12.2. The summed E-state index contributed by atoms with van der Waals surface area (Å²) in [5.74, 6) is -2.35. The first-order chi connectivity index (χ1) is 22.4. The second-order valence-corrected chi connectivity index (χ2v) is 10.6. The minimum Gasteiger partial charge on any atom is -0.478 e. The third-order valence-electron chi connectivity index (χ3n) is 6.99. The van der Waals surface area contributed by atoms with Gasteiger partial charge >= 0.3 is 18.2 Å². The number of halogens is 5. The number of alkyl halides is 3. The number of allylic oxidation sites excluding steroid dienone is 1. The van der Waals surface area contributed by atoms with Gasteiger partial charge in [0.25, 0.3) is 5.91 Å². The van der Waals surface area contributed by atoms with E-state index in [1.807, 2.05) is 0 Å². The lowest BCUT2D eigenvalue weighted by Gasteiger charge is -2.27. The highest BCUT2D eigenvalue weighted by molar-refractivity contribution is 6.32. The number of carbonyl (C=O) groups excluding carboxylic acids is 1. The molecule has 47 heavy (non-hydrogen) atoms. The van der Waals surface area contributed by atoms with Crippen molar-refractivity contribution in [3.05, 3.63) is 112 Å². The highest BCUT2D eigenvalue weighted by Gasteiger charge is 2.33. The number of guanidine groups is 1. The van der Waals surface area contributed by atoms with Gasteiger partial charge < -0.3 is 20.2 Å². The van der Waals surface area contributed by atoms with Crippen molar-refractivity contribution in [2.24, 2.45) is 4.99 Å². The zero-order valence-electron chi connectivity index (χ0n) is 23.9. The normalized spacial score (nSPS) is 14.9. The molecule has 2 aromatic carbocycles. The maximum Gasteiger partial charge on any atom is 0.433 e. The Morgan fingerprint density at radius 3 is 2.51 bits per heavy atom. The molecule has 238 valence electrons. The van der Waals surface area contributed by atoms with E-state index in [0.29, 0.717) is 27.9 Å². The zero-order valence-corrected chi connectivity index (χ0v) is 24.6. The summed E-state index contributed by atoms with van der Waals surface area (Å²) in [6.45, 7) is 1.59. The Kier molecular flexibility index (Phi) is 8.07. The molecule has 1 amide bonds. The van der Waals surface area contributed by atoms with Gasteiger partial charge in [-0.15, -0.1) is 0 Å². The number of anilines is 2. The van der Waals surface area contributed by atoms with E-state index in [-0.39, 0.29) is 39.5 Å². The summed E-state index contributed by atoms with van der Waals surface area (Å²) < 4.78 is 58.3. The standard InChI is InChI=1S/C31H20ClF4N7O4/c1-14-25(27(44)41-24-11-16(28(45)46)8-9-37-24)26(42-29(39-14)43-30-40-21-6-4-18(33)12-22(21)47-30)19-5-2-15(10-20(19)32)17-3-7-23(38-13-17)31(34,35)36/h2-13,26H,1H3,(H,45,46)(H,37,41,44)(H2,39,40,42,43). The van der Waals surface area contributed by atoms with Gasteiger partial charge in [-0.25, -0.2) is 19.2 Å². The number of pyridine rings is 2. The van der Waals surface area contributed by atoms with Crippen molar-refractivity contribution in [2.45, 2.75) is 19.1 Å². The van der Waals surface area contributed by atoms with Crippen LogP contribution in [0.2, 0.25) is 5.02 Å². The summed E-state index contributed by atoms with van der Waals surface area (Å²) in [6, 6.07) is 12.0. The summed E-state index contributed by atoms with van der Waals surface area (Å²) in [7, 11) is 0. The SMILES string of the molecule is CC1=C(C(=O)Nc2cc(C(=O)O)ccn2)C(c2ccc(-c3ccc(C(F)(F)F)nc3)cc2Cl)N=C(Nc2nc3ccc(F)cc3o2)N1. The highest BCUT2D eigenvalue weighted by Crippen LogP contribution is 2.38. The van der Waals surface area contributed by atoms with E-state index in [4.69, 9.17) is 16.0 Å². The summed E-state index contributed by atoms with van der Waals surface area (Å²) in [6.07, 6.45) is -2.29. The maximum absolute atomic E-state index is 13.7. The summed E-state index contributed by atoms with van der Waals surface area (Å²) in [5.41, 5.74) is 0.974. The lowest BCUT2D eigenvalue weighted by atomic mass is 9.94. The number of hydrogen-bond donors (Lipinski definition) is 4. The van der Waals surface area contributed by atoms with E-state index in [1.165, 1.54) is 48.7 Å². The first kappa shape index (κ1) is 31.2. The first-order valence-electron chi connectivity index (χ1n) is 13.6. The Morgan fingerprint density at radius 1 is 1.02 bits per heavy atom. The van der Waals surface area contributed by atoms with E-state index in [0.717, 1.165) is 12.3 Å². The van der Waals surface area contributed by atoms with Crippen LogP contribution in [0.15, 0.2) is 93.7 Å². The largest absolute Gasteiger partial charge is 0.478 e. The lowest BCUT2D eigenvalue weighted by Crippen LogP contribution is -2.37. The number of carbonyl (C=O) groups is 2. The fraction of sp³-hybridized carbons (Fsp3) is 0.0968. The van der Waals surface area contributed by atoms with Crippen LogP contribution < -0.4 is 16.0 Å². The zero-order chi connectivity index (χ0) is 33.5. The van der Waals surface area contributed by atoms with Gasteiger partial charge in [-0.1, -0.05) is 29.8 Å². The number of benzene rings is 2. The van der Waals surface area contributed by atoms with Crippen LogP contribution in [0, 0.1) is 5.82 Å². The fourth-order valence-electron chi connectivity index (χ4n) is 4.79. The molecule has 0 fully saturated rings. The van der Waals surface area contributed by atoms with Gasteiger partial charge in [0.15, 0.2) is 5.58 Å². The number of carboxylic acid groups (broad SMARTS) is 1. The van der Waals surface area contributed by atoms with Gasteiger partial charge in [0.1, 0.15) is 28.9 Å². The highest BCUT2D eigenvalue weighted by atomic mass is 35.5. The molecular weight excluding hydrogens is 646 g/mol. The number of hydrogen-bond acceptors (Lipinski definition) is 9. The molecular formula is C31H20ClF4N7O4. The molecule has 16 heteroatoms. The van der Waals surface area contributed by atoms with E-state index >= 15 is 0 Å². The summed E-state index contributed by atoms with van der Waals surface area (Å²) >= 11 is 6.72. The molecule has 1 aliphatic heterocycles. The number of aromatic nitrogens is 3. The molecule has 0 aliphatic carbocycles. The smallest absolute Gasteiger partial charge is 0.433 e. The van der Waals surface area contributed by atoms with E-state index in [1.54, 1.807) is 19.1 Å². The van der Waals surface area contributed by atoms with Crippen molar-refractivity contribution in [1.82, 2.24) is 20.3 Å². The molecule has 4 heterocycles. The molecule has 0 radical (unpaired) electrons. The quantitative estimate of drug-likeness (QED) is 0.143. The van der Waals surface area contributed by atoms with Crippen LogP contribution in [0.5, 0.6) is 0 Å². The van der Waals surface area contributed by atoms with Crippen molar-refractivity contribution in [3.63, 3.8) is 0 Å². The molecule has 0 bridgehead atoms. The third kappa shape index (κ3) is 6.60. The number of aliphatic imine (C=N–C) groups is 1. The van der Waals surface area contributed by atoms with Crippen LogP contribution in [0.25, 0.3) is 22.2 Å². The monoisotopic (exact) mass is 665 g/mol. The predicted octanol–water partition coefficient (Wildman–Crippen LogP) is 6.82. The average Bonchev–Trinajstić information content (AvgIpc) is 3.41. The van der Waals surface area contributed by atoms with Crippen molar-refractivity contribution in [2.75, 3.05) is 10.6 Å². The molecule has 1 aliphatic rings. The number of carboxylic acids is 1. The average molecular weight is 666 g/mol. The van der Waals surface area contributed by atoms with Gasteiger partial charge in [-0.05, 0) is 48.9 Å². The summed E-state index contributed by atoms with van der Waals surface area (Å²) in [5, 5.41) is 17.9. The maximum atomic E-state index is 13.7. The van der Waals surface area contributed by atoms with Crippen LogP contribution in [0.3, 0.4) is 0 Å². The number of aromatic carboxylic acids is 1. The molecule has 11 nitrogen and oxygen atoms in total. The Labute approximate surface area is 267 Å². The van der Waals surface area contributed by atoms with Crippen LogP contribution in [0.1, 0.15) is 34.6 Å². The molecule has 0 saturated heterocycles. The van der Waals surface area contributed by atoms with Crippen LogP contribution in [-0.2, 0) is 11.0 Å². The van der Waals surface area contributed by atoms with Crippen LogP contribution >= 0.6 is 11.6 Å². The Hall–Kier alpha value is -5.83. The molecule has 0 saturated carbocycles. The van der Waals surface area contributed by atoms with E-state index < -0.39 is 35.6 Å². The minimum atomic E-state index is -4.60. The van der Waals surface area contributed by atoms with Gasteiger partial charge in [0.2, 0.25) is 5.96 Å². The van der Waals surface area contributed by atoms with Gasteiger partial charge in [0.05, 0.1) is 11.1 Å². The number of oxazole rings is 1. The van der Waals surface area contributed by atoms with Crippen molar-refractivity contribution in [1.29, 1.82) is 0 Å². The first-order valence-corrected chi connectivity index (χ1v) is 14.0. The van der Waals surface area contributed by atoms with Gasteiger partial charge in [-0.2, -0.15) is 18.2 Å². The van der Waals surface area contributed by atoms with Crippen LogP contribution in [-0.4, -0.2) is 37.9 Å². The number of rotatable bonds is 6. The number of fused-ring (bicyclic) bond motifs is 1. The molecule has 0 spiro atoms. The van der Waals surface area contributed by atoms with Gasteiger partial charge in [-0.3, -0.25) is 15.1 Å². The number of nitrogens with zero attached hydrogens (tertiary/aromatic N) is 4. The number of nitrogens with one attached hydrogen (secondary N) is 3. The van der Waals surface area contributed by atoms with E-state index in [9.17, 15) is 32.3 Å². The van der Waals surface area contributed by atoms with Crippen molar-refractivity contribution >= 4 is 52.4 Å². The molecule has 5 aromatic rings. The molecule has 1 unspecified atom stereocenters. The van der Waals surface area contributed by atoms with E-state index in [2.05, 4.69) is 35.9 Å². The molecule has 1 atom stereocenters. The van der Waals surface area contributed by atoms with Crippen molar-refractivity contribution < 1.29 is 36.7 Å². The Balaban J connectivity index is 1.36. The van der Waals surface area contributed by atoms with Crippen molar-refractivity contribution in [3.8, 4) is 11.1 Å². The second-order valence-electron chi connectivity index (χ2n) is 10.2. The summed E-state index contributed by atoms with van der Waals surface area (Å²) in [4.78, 5) is 41.5. The third-order valence-corrected chi connectivity index (χ3v) is 7.32. The molecule has 6 rings (SSSR count). The predicted molar refractivity (Wildman–Crippen MR) is 163 cm³/mol. The number of amides is 1. The van der Waals surface area contributed by atoms with Gasteiger partial charge in [0, 0.05) is 40.3 Å². The minimum absolute atomic E-state index is 0.0257. The Bertz CT molecular complexity index is 2110. The fourth-order valence-corrected chi connectivity index (χ4v) is 5.07. The topological polar surface area (TPSA) is 155 Å². The lowest BCUT2D eigenvalue weighted by molar-refractivity contribution is -0.141. The van der Waals surface area contributed by atoms with Crippen LogP contribution in [0.4, 0.5) is 29.4 Å². The Morgan fingerprint density at radius 2 is 1.81 bits per heavy atom. The molecule has 4 N–H and O–H groups in total. The molecule has 3 aromatic heterocycles.